The first-order chi connectivity index (χ1) is 9.59. The summed E-state index contributed by atoms with van der Waals surface area (Å²) in [6.45, 7) is 10.9. The molecule has 1 aromatic rings. The molecule has 0 atom stereocenters. The molecule has 0 saturated carbocycles. The summed E-state index contributed by atoms with van der Waals surface area (Å²) in [6.07, 6.45) is 1.23. The van der Waals surface area contributed by atoms with E-state index < -0.39 is 0 Å². The Morgan fingerprint density at radius 2 is 1.81 bits per heavy atom. The number of halogens is 1. The van der Waals surface area contributed by atoms with Gasteiger partial charge in [-0.25, -0.2) is 0 Å². The predicted molar refractivity (Wildman–Crippen MR) is 87.9 cm³/mol. The largest absolute Gasteiger partial charge is 0.491 e. The molecule has 0 bridgehead atoms. The Hall–Kier alpha value is -1.22. The van der Waals surface area contributed by atoms with Gasteiger partial charge in [0.15, 0.2) is 0 Å². The molecule has 4 heteroatoms. The summed E-state index contributed by atoms with van der Waals surface area (Å²) in [5.41, 5.74) is -0.0510. The van der Waals surface area contributed by atoms with Crippen molar-refractivity contribution in [3.63, 3.8) is 0 Å². The molecular weight excluding hydrogens is 286 g/mol. The number of carbonyl (C=O) groups excluding carboxylic acids is 1. The van der Waals surface area contributed by atoms with Gasteiger partial charge in [-0.15, -0.1) is 0 Å². The van der Waals surface area contributed by atoms with E-state index in [4.69, 9.17) is 16.3 Å². The molecule has 0 heterocycles. The van der Waals surface area contributed by atoms with Gasteiger partial charge in [0.1, 0.15) is 5.75 Å². The maximum Gasteiger partial charge on any atom is 0.223 e. The third kappa shape index (κ3) is 7.37. The van der Waals surface area contributed by atoms with Crippen LogP contribution in [0.2, 0.25) is 5.02 Å². The second-order valence-electron chi connectivity index (χ2n) is 7.20. The van der Waals surface area contributed by atoms with Crippen molar-refractivity contribution in [3.8, 4) is 5.75 Å². The fourth-order valence-electron chi connectivity index (χ4n) is 2.63. The molecule has 0 aromatic heterocycles. The van der Waals surface area contributed by atoms with Crippen LogP contribution in [-0.2, 0) is 4.79 Å². The van der Waals surface area contributed by atoms with Crippen LogP contribution in [0.5, 0.6) is 5.75 Å². The van der Waals surface area contributed by atoms with E-state index in [0.717, 1.165) is 6.42 Å². The van der Waals surface area contributed by atoms with Crippen LogP contribution < -0.4 is 10.1 Å². The van der Waals surface area contributed by atoms with E-state index in [1.807, 2.05) is 26.0 Å². The molecule has 0 fully saturated rings. The lowest BCUT2D eigenvalue weighted by Gasteiger charge is -2.33. The molecule has 0 aliphatic rings. The number of ether oxygens (including phenoxy) is 1. The van der Waals surface area contributed by atoms with E-state index in [1.165, 1.54) is 0 Å². The number of amides is 1. The SMILES string of the molecule is CC(C)(C)CC(C)(C)NC(=O)CCOc1ccccc1Cl. The highest BCUT2D eigenvalue weighted by Crippen LogP contribution is 2.27. The van der Waals surface area contributed by atoms with Crippen molar-refractivity contribution in [3.05, 3.63) is 29.3 Å². The summed E-state index contributed by atoms with van der Waals surface area (Å²) < 4.78 is 5.53. The molecule has 0 unspecified atom stereocenters. The lowest BCUT2D eigenvalue weighted by atomic mass is 9.82. The number of rotatable bonds is 6. The van der Waals surface area contributed by atoms with Gasteiger partial charge in [0.05, 0.1) is 18.1 Å². The Morgan fingerprint density at radius 1 is 1.19 bits per heavy atom. The Kier molecular flexibility index (Phi) is 6.09. The van der Waals surface area contributed by atoms with E-state index in [1.54, 1.807) is 12.1 Å². The average Bonchev–Trinajstić information content (AvgIpc) is 2.27. The maximum absolute atomic E-state index is 12.0. The van der Waals surface area contributed by atoms with Crippen LogP contribution in [0.4, 0.5) is 0 Å². The van der Waals surface area contributed by atoms with Crippen LogP contribution in [0.15, 0.2) is 24.3 Å². The normalized spacial score (nSPS) is 12.1. The highest BCUT2D eigenvalue weighted by Gasteiger charge is 2.26. The second kappa shape index (κ2) is 7.17. The van der Waals surface area contributed by atoms with Gasteiger partial charge >= 0.3 is 0 Å². The van der Waals surface area contributed by atoms with Crippen molar-refractivity contribution in [1.29, 1.82) is 0 Å². The van der Waals surface area contributed by atoms with Gasteiger partial charge in [-0.1, -0.05) is 44.5 Å². The molecule has 118 valence electrons. The third-order valence-electron chi connectivity index (χ3n) is 2.87. The first-order valence-electron chi connectivity index (χ1n) is 7.27. The van der Waals surface area contributed by atoms with Gasteiger partial charge in [-0.05, 0) is 37.8 Å². The Balaban J connectivity index is 2.39. The van der Waals surface area contributed by atoms with Crippen LogP contribution in [-0.4, -0.2) is 18.1 Å². The zero-order valence-electron chi connectivity index (χ0n) is 13.6. The summed E-state index contributed by atoms with van der Waals surface area (Å²) in [5.74, 6) is 0.609. The van der Waals surface area contributed by atoms with Crippen LogP contribution in [0.1, 0.15) is 47.5 Å². The molecular formula is C17H26ClNO2. The van der Waals surface area contributed by atoms with E-state index in [9.17, 15) is 4.79 Å². The Morgan fingerprint density at radius 3 is 2.38 bits per heavy atom. The zero-order valence-corrected chi connectivity index (χ0v) is 14.4. The number of para-hydroxylation sites is 1. The summed E-state index contributed by atoms with van der Waals surface area (Å²) in [5, 5.41) is 3.62. The van der Waals surface area contributed by atoms with Gasteiger partial charge in [-0.2, -0.15) is 0 Å². The quantitative estimate of drug-likeness (QED) is 0.843. The van der Waals surface area contributed by atoms with Crippen LogP contribution >= 0.6 is 11.6 Å². The number of hydrogen-bond donors (Lipinski definition) is 1. The average molecular weight is 312 g/mol. The van der Waals surface area contributed by atoms with E-state index in [2.05, 4.69) is 26.1 Å². The Labute approximate surface area is 133 Å². The van der Waals surface area contributed by atoms with Gasteiger partial charge < -0.3 is 10.1 Å². The first-order valence-corrected chi connectivity index (χ1v) is 7.65. The fourth-order valence-corrected chi connectivity index (χ4v) is 2.82. The number of hydrogen-bond acceptors (Lipinski definition) is 2. The zero-order chi connectivity index (χ0) is 16.1. The topological polar surface area (TPSA) is 38.3 Å². The summed E-state index contributed by atoms with van der Waals surface area (Å²) in [6, 6.07) is 7.26. The highest BCUT2D eigenvalue weighted by atomic mass is 35.5. The molecule has 1 rings (SSSR count). The molecule has 0 aliphatic heterocycles. The van der Waals surface area contributed by atoms with Crippen molar-refractivity contribution >= 4 is 17.5 Å². The van der Waals surface area contributed by atoms with E-state index in [-0.39, 0.29) is 16.9 Å². The minimum absolute atomic E-state index is 0.00342. The van der Waals surface area contributed by atoms with Crippen molar-refractivity contribution in [2.24, 2.45) is 5.41 Å². The molecule has 0 aliphatic carbocycles. The minimum atomic E-state index is -0.222. The lowest BCUT2D eigenvalue weighted by Crippen LogP contribution is -2.46. The molecule has 0 radical (unpaired) electrons. The van der Waals surface area contributed by atoms with Gasteiger partial charge in [-0.3, -0.25) is 4.79 Å². The lowest BCUT2D eigenvalue weighted by molar-refractivity contribution is -0.123. The predicted octanol–water partition coefficient (Wildman–Crippen LogP) is 4.44. The molecule has 21 heavy (non-hydrogen) atoms. The molecule has 1 N–H and O–H groups in total. The molecule has 1 amide bonds. The van der Waals surface area contributed by atoms with Crippen molar-refractivity contribution < 1.29 is 9.53 Å². The highest BCUT2D eigenvalue weighted by molar-refractivity contribution is 6.32. The molecule has 0 saturated heterocycles. The summed E-state index contributed by atoms with van der Waals surface area (Å²) in [4.78, 5) is 12.0. The maximum atomic E-state index is 12.0. The van der Waals surface area contributed by atoms with Gasteiger partial charge in [0, 0.05) is 5.54 Å². The van der Waals surface area contributed by atoms with Crippen LogP contribution in [0.3, 0.4) is 0 Å². The third-order valence-corrected chi connectivity index (χ3v) is 3.19. The van der Waals surface area contributed by atoms with E-state index >= 15 is 0 Å². The summed E-state index contributed by atoms with van der Waals surface area (Å²) in [7, 11) is 0. The smallest absolute Gasteiger partial charge is 0.223 e. The molecule has 0 spiro atoms. The van der Waals surface area contributed by atoms with Crippen molar-refractivity contribution in [1.82, 2.24) is 5.32 Å². The molecule has 3 nitrogen and oxygen atoms in total. The van der Waals surface area contributed by atoms with Gasteiger partial charge in [0.25, 0.3) is 0 Å². The Bertz CT molecular complexity index is 478. The van der Waals surface area contributed by atoms with E-state index in [0.29, 0.717) is 23.8 Å². The van der Waals surface area contributed by atoms with Crippen molar-refractivity contribution in [2.75, 3.05) is 6.61 Å². The minimum Gasteiger partial charge on any atom is -0.491 e. The second-order valence-corrected chi connectivity index (χ2v) is 7.61. The fraction of sp³-hybridized carbons (Fsp3) is 0.588. The van der Waals surface area contributed by atoms with Crippen molar-refractivity contribution in [2.45, 2.75) is 53.0 Å². The monoisotopic (exact) mass is 311 g/mol. The number of carbonyl (C=O) groups is 1. The van der Waals surface area contributed by atoms with Crippen LogP contribution in [0.25, 0.3) is 0 Å². The van der Waals surface area contributed by atoms with Gasteiger partial charge in [0.2, 0.25) is 5.91 Å². The van der Waals surface area contributed by atoms with Crippen LogP contribution in [0, 0.1) is 5.41 Å². The first kappa shape index (κ1) is 17.8. The standard InChI is InChI=1S/C17H26ClNO2/c1-16(2,3)12-17(4,5)19-15(20)10-11-21-14-9-7-6-8-13(14)18/h6-9H,10-12H2,1-5H3,(H,19,20). The number of benzene rings is 1. The number of nitrogens with one attached hydrogen (secondary N) is 1. The molecule has 1 aromatic carbocycles. The summed E-state index contributed by atoms with van der Waals surface area (Å²) >= 11 is 5.99.